The third-order valence-electron chi connectivity index (χ3n) is 2.47. The molecule has 0 fully saturated rings. The molecule has 0 saturated heterocycles. The number of anilines is 1. The summed E-state index contributed by atoms with van der Waals surface area (Å²) in [6.07, 6.45) is 4.73. The summed E-state index contributed by atoms with van der Waals surface area (Å²) in [4.78, 5) is 10.7. The molecular formula is C11H19IN4. The van der Waals surface area contributed by atoms with Crippen molar-refractivity contribution in [3.8, 4) is 0 Å². The Hall–Kier alpha value is -0.430. The van der Waals surface area contributed by atoms with E-state index in [0.29, 0.717) is 12.0 Å². The average molecular weight is 334 g/mol. The summed E-state index contributed by atoms with van der Waals surface area (Å²) in [6.45, 7) is 6.41. The molecule has 0 aliphatic rings. The summed E-state index contributed by atoms with van der Waals surface area (Å²) >= 11 is 2.20. The van der Waals surface area contributed by atoms with Gasteiger partial charge >= 0.3 is 0 Å². The minimum Gasteiger partial charge on any atom is -0.354 e. The highest BCUT2D eigenvalue weighted by Gasteiger charge is 2.02. The van der Waals surface area contributed by atoms with Crippen molar-refractivity contribution in [1.82, 2.24) is 14.9 Å². The molecule has 0 spiro atoms. The Morgan fingerprint density at radius 2 is 2.00 bits per heavy atom. The molecular weight excluding hydrogens is 315 g/mol. The predicted molar refractivity (Wildman–Crippen MR) is 75.6 cm³/mol. The summed E-state index contributed by atoms with van der Waals surface area (Å²) in [7, 11) is 2.14. The van der Waals surface area contributed by atoms with Crippen LogP contribution in [0.15, 0.2) is 12.4 Å². The van der Waals surface area contributed by atoms with Crippen molar-refractivity contribution in [2.24, 2.45) is 0 Å². The first-order valence-corrected chi connectivity index (χ1v) is 6.59. The highest BCUT2D eigenvalue weighted by Crippen LogP contribution is 2.03. The minimum atomic E-state index is 0.606. The van der Waals surface area contributed by atoms with Crippen molar-refractivity contribution in [2.45, 2.75) is 26.3 Å². The standard InChI is InChI=1S/C11H19IN4/c1-9(2)16(3)6-4-5-13-11-14-7-10(12)8-15-11/h7-9H,4-6H2,1-3H3,(H,13,14,15). The van der Waals surface area contributed by atoms with Gasteiger partial charge in [0.25, 0.3) is 0 Å². The number of aromatic nitrogens is 2. The van der Waals surface area contributed by atoms with Crippen LogP contribution in [0.4, 0.5) is 5.95 Å². The van der Waals surface area contributed by atoms with Crippen LogP contribution in [-0.4, -0.2) is 41.0 Å². The zero-order valence-corrected chi connectivity index (χ0v) is 12.2. The van der Waals surface area contributed by atoms with Gasteiger partial charge in [0.05, 0.1) is 0 Å². The van der Waals surface area contributed by atoms with Gasteiger partial charge in [-0.05, 0) is 56.5 Å². The summed E-state index contributed by atoms with van der Waals surface area (Å²) in [5.74, 6) is 0.715. The minimum absolute atomic E-state index is 0.606. The maximum absolute atomic E-state index is 4.19. The van der Waals surface area contributed by atoms with Crippen LogP contribution in [0, 0.1) is 3.57 Å². The summed E-state index contributed by atoms with van der Waals surface area (Å²) in [5, 5.41) is 3.21. The quantitative estimate of drug-likeness (QED) is 0.640. The fourth-order valence-electron chi connectivity index (χ4n) is 1.19. The smallest absolute Gasteiger partial charge is 0.222 e. The Morgan fingerprint density at radius 1 is 1.38 bits per heavy atom. The van der Waals surface area contributed by atoms with Crippen LogP contribution in [0.3, 0.4) is 0 Å². The Kier molecular flexibility index (Phi) is 5.97. The molecule has 1 aromatic rings. The number of nitrogens with zero attached hydrogens (tertiary/aromatic N) is 3. The molecule has 0 amide bonds. The molecule has 4 nitrogen and oxygen atoms in total. The molecule has 0 unspecified atom stereocenters. The molecule has 1 N–H and O–H groups in total. The predicted octanol–water partition coefficient (Wildman–Crippen LogP) is 2.22. The zero-order valence-electron chi connectivity index (χ0n) is 10.1. The summed E-state index contributed by atoms with van der Waals surface area (Å²) in [5.41, 5.74) is 0. The van der Waals surface area contributed by atoms with Gasteiger partial charge in [-0.3, -0.25) is 0 Å². The fraction of sp³-hybridized carbons (Fsp3) is 0.636. The van der Waals surface area contributed by atoms with E-state index in [1.165, 1.54) is 0 Å². The van der Waals surface area contributed by atoms with E-state index in [0.717, 1.165) is 23.1 Å². The van der Waals surface area contributed by atoms with E-state index in [1.54, 1.807) is 0 Å². The van der Waals surface area contributed by atoms with E-state index in [9.17, 15) is 0 Å². The van der Waals surface area contributed by atoms with Gasteiger partial charge in [0.2, 0.25) is 5.95 Å². The molecule has 1 rings (SSSR count). The van der Waals surface area contributed by atoms with Gasteiger partial charge < -0.3 is 10.2 Å². The molecule has 0 aliphatic carbocycles. The molecule has 0 aromatic carbocycles. The van der Waals surface area contributed by atoms with Gasteiger partial charge in [-0.2, -0.15) is 0 Å². The summed E-state index contributed by atoms with van der Waals surface area (Å²) < 4.78 is 1.06. The lowest BCUT2D eigenvalue weighted by Crippen LogP contribution is -2.28. The molecule has 0 aliphatic heterocycles. The highest BCUT2D eigenvalue weighted by molar-refractivity contribution is 14.1. The first kappa shape index (κ1) is 13.6. The topological polar surface area (TPSA) is 41.0 Å². The second-order valence-electron chi connectivity index (χ2n) is 4.08. The third-order valence-corrected chi connectivity index (χ3v) is 3.03. The van der Waals surface area contributed by atoms with Crippen molar-refractivity contribution in [3.05, 3.63) is 16.0 Å². The number of nitrogens with one attached hydrogen (secondary N) is 1. The Labute approximate surface area is 111 Å². The first-order chi connectivity index (χ1) is 7.59. The molecule has 0 radical (unpaired) electrons. The van der Waals surface area contributed by atoms with Crippen LogP contribution in [0.5, 0.6) is 0 Å². The number of hydrogen-bond acceptors (Lipinski definition) is 4. The van der Waals surface area contributed by atoms with Gasteiger partial charge in [-0.15, -0.1) is 0 Å². The van der Waals surface area contributed by atoms with Crippen LogP contribution in [0.1, 0.15) is 20.3 Å². The van der Waals surface area contributed by atoms with E-state index in [1.807, 2.05) is 12.4 Å². The monoisotopic (exact) mass is 334 g/mol. The van der Waals surface area contributed by atoms with E-state index in [2.05, 4.69) is 63.7 Å². The van der Waals surface area contributed by atoms with E-state index >= 15 is 0 Å². The normalized spacial score (nSPS) is 11.1. The van der Waals surface area contributed by atoms with Crippen molar-refractivity contribution in [1.29, 1.82) is 0 Å². The van der Waals surface area contributed by atoms with Gasteiger partial charge in [0.1, 0.15) is 0 Å². The Balaban J connectivity index is 2.18. The third kappa shape index (κ3) is 5.07. The van der Waals surface area contributed by atoms with E-state index in [4.69, 9.17) is 0 Å². The van der Waals surface area contributed by atoms with E-state index < -0.39 is 0 Å². The zero-order chi connectivity index (χ0) is 12.0. The van der Waals surface area contributed by atoms with Crippen LogP contribution in [0.25, 0.3) is 0 Å². The largest absolute Gasteiger partial charge is 0.354 e. The maximum Gasteiger partial charge on any atom is 0.222 e. The van der Waals surface area contributed by atoms with Gasteiger partial charge in [0.15, 0.2) is 0 Å². The maximum atomic E-state index is 4.19. The van der Waals surface area contributed by atoms with E-state index in [-0.39, 0.29) is 0 Å². The van der Waals surface area contributed by atoms with Crippen LogP contribution >= 0.6 is 22.6 Å². The second kappa shape index (κ2) is 7.01. The van der Waals surface area contributed by atoms with Crippen molar-refractivity contribution < 1.29 is 0 Å². The molecule has 0 atom stereocenters. The van der Waals surface area contributed by atoms with Crippen molar-refractivity contribution in [2.75, 3.05) is 25.5 Å². The van der Waals surface area contributed by atoms with Crippen molar-refractivity contribution in [3.63, 3.8) is 0 Å². The SMILES string of the molecule is CC(C)N(C)CCCNc1ncc(I)cn1. The molecule has 0 bridgehead atoms. The molecule has 16 heavy (non-hydrogen) atoms. The number of halogens is 1. The van der Waals surface area contributed by atoms with Crippen molar-refractivity contribution >= 4 is 28.5 Å². The van der Waals surface area contributed by atoms with Crippen LogP contribution in [-0.2, 0) is 0 Å². The van der Waals surface area contributed by atoms with Gasteiger partial charge in [0, 0.05) is 28.6 Å². The van der Waals surface area contributed by atoms with Crippen LogP contribution < -0.4 is 5.32 Å². The Morgan fingerprint density at radius 3 is 2.56 bits per heavy atom. The highest BCUT2D eigenvalue weighted by atomic mass is 127. The first-order valence-electron chi connectivity index (χ1n) is 5.51. The lowest BCUT2D eigenvalue weighted by molar-refractivity contribution is 0.273. The lowest BCUT2D eigenvalue weighted by Gasteiger charge is -2.20. The van der Waals surface area contributed by atoms with Gasteiger partial charge in [-0.1, -0.05) is 0 Å². The molecule has 90 valence electrons. The Bertz CT molecular complexity index is 299. The molecule has 5 heteroatoms. The second-order valence-corrected chi connectivity index (χ2v) is 5.33. The lowest BCUT2D eigenvalue weighted by atomic mass is 10.3. The molecule has 1 heterocycles. The van der Waals surface area contributed by atoms with Gasteiger partial charge in [-0.25, -0.2) is 9.97 Å². The summed E-state index contributed by atoms with van der Waals surface area (Å²) in [6, 6.07) is 0.606. The number of rotatable bonds is 6. The number of hydrogen-bond donors (Lipinski definition) is 1. The average Bonchev–Trinajstić information content (AvgIpc) is 2.26. The molecule has 0 saturated carbocycles. The molecule has 1 aromatic heterocycles. The van der Waals surface area contributed by atoms with Crippen LogP contribution in [0.2, 0.25) is 0 Å². The fourth-order valence-corrected chi connectivity index (χ4v) is 1.47.